The van der Waals surface area contributed by atoms with Crippen LogP contribution in [0.15, 0.2) is 59.5 Å². The molecule has 0 atom stereocenters. The predicted octanol–water partition coefficient (Wildman–Crippen LogP) is 3.51. The fourth-order valence-electron chi connectivity index (χ4n) is 3.24. The third-order valence-electron chi connectivity index (χ3n) is 4.72. The normalized spacial score (nSPS) is 10.3. The SMILES string of the molecule is CCc1cc2cccc(C)c2c(=O)n1-c1cccc(F)c1.N#Cc1cnc(N)nc1N. The highest BCUT2D eigenvalue weighted by Crippen LogP contribution is 2.19. The van der Waals surface area contributed by atoms with E-state index in [2.05, 4.69) is 9.97 Å². The van der Waals surface area contributed by atoms with Gasteiger partial charge >= 0.3 is 0 Å². The molecule has 156 valence electrons. The predicted molar refractivity (Wildman–Crippen MR) is 119 cm³/mol. The average molecular weight is 416 g/mol. The highest BCUT2D eigenvalue weighted by molar-refractivity contribution is 5.85. The molecule has 0 aliphatic rings. The first-order chi connectivity index (χ1) is 14.8. The molecule has 2 aromatic carbocycles. The minimum Gasteiger partial charge on any atom is -0.382 e. The third kappa shape index (κ3) is 4.51. The van der Waals surface area contributed by atoms with E-state index in [1.54, 1.807) is 16.7 Å². The molecular weight excluding hydrogens is 395 g/mol. The second-order valence-electron chi connectivity index (χ2n) is 6.79. The number of aryl methyl sites for hydroxylation is 2. The number of nitrogens with two attached hydrogens (primary N) is 2. The molecule has 8 heteroatoms. The maximum atomic E-state index is 13.5. The number of hydrogen-bond donors (Lipinski definition) is 2. The number of nitrogens with zero attached hydrogens (tertiary/aromatic N) is 4. The zero-order chi connectivity index (χ0) is 22.5. The summed E-state index contributed by atoms with van der Waals surface area (Å²) in [5.74, 6) is -0.141. The van der Waals surface area contributed by atoms with Crippen molar-refractivity contribution in [2.45, 2.75) is 20.3 Å². The second-order valence-corrected chi connectivity index (χ2v) is 6.79. The topological polar surface area (TPSA) is 124 Å². The lowest BCUT2D eigenvalue weighted by atomic mass is 10.1. The smallest absolute Gasteiger partial charge is 0.263 e. The standard InChI is InChI=1S/C18H16FNO.C5H5N5/c1-3-15-10-13-7-4-6-12(2)17(13)18(21)20(15)16-9-5-8-14(19)11-16;6-1-3-2-9-5(8)10-4(3)7/h4-11H,3H2,1-2H3;2H,(H4,7,8,9,10). The van der Waals surface area contributed by atoms with Gasteiger partial charge in [0.05, 0.1) is 17.3 Å². The van der Waals surface area contributed by atoms with Crippen molar-refractivity contribution in [3.63, 3.8) is 0 Å². The van der Waals surface area contributed by atoms with E-state index in [0.717, 1.165) is 16.6 Å². The van der Waals surface area contributed by atoms with Crippen LogP contribution in [-0.2, 0) is 6.42 Å². The summed E-state index contributed by atoms with van der Waals surface area (Å²) in [5.41, 5.74) is 13.0. The average Bonchev–Trinajstić information content (AvgIpc) is 2.74. The zero-order valence-electron chi connectivity index (χ0n) is 17.1. The van der Waals surface area contributed by atoms with Crippen LogP contribution in [0, 0.1) is 24.1 Å². The molecule has 0 saturated heterocycles. The van der Waals surface area contributed by atoms with Gasteiger partial charge in [0.15, 0.2) is 0 Å². The molecule has 0 aliphatic carbocycles. The maximum Gasteiger partial charge on any atom is 0.263 e. The Labute approximate surface area is 178 Å². The van der Waals surface area contributed by atoms with Crippen LogP contribution in [0.2, 0.25) is 0 Å². The van der Waals surface area contributed by atoms with Crippen LogP contribution in [0.1, 0.15) is 23.7 Å². The van der Waals surface area contributed by atoms with Crippen LogP contribution < -0.4 is 17.0 Å². The van der Waals surface area contributed by atoms with Gasteiger partial charge in [-0.1, -0.05) is 31.2 Å². The van der Waals surface area contributed by atoms with Gasteiger partial charge in [-0.05, 0) is 48.6 Å². The Balaban J connectivity index is 0.000000229. The maximum absolute atomic E-state index is 13.5. The number of rotatable bonds is 2. The van der Waals surface area contributed by atoms with Crippen molar-refractivity contribution in [1.82, 2.24) is 14.5 Å². The van der Waals surface area contributed by atoms with Gasteiger partial charge in [0, 0.05) is 5.69 Å². The van der Waals surface area contributed by atoms with Crippen LogP contribution in [0.3, 0.4) is 0 Å². The summed E-state index contributed by atoms with van der Waals surface area (Å²) >= 11 is 0. The minimum absolute atomic E-state index is 0.0801. The summed E-state index contributed by atoms with van der Waals surface area (Å²) in [7, 11) is 0. The van der Waals surface area contributed by atoms with Crippen molar-refractivity contribution >= 4 is 22.5 Å². The van der Waals surface area contributed by atoms with Gasteiger partial charge in [0.2, 0.25) is 5.95 Å². The Morgan fingerprint density at radius 1 is 1.16 bits per heavy atom. The van der Waals surface area contributed by atoms with Gasteiger partial charge in [-0.2, -0.15) is 10.2 Å². The molecule has 4 aromatic rings. The molecule has 0 unspecified atom stereocenters. The van der Waals surface area contributed by atoms with Crippen molar-refractivity contribution in [2.75, 3.05) is 11.5 Å². The first kappa shape index (κ1) is 21.5. The van der Waals surface area contributed by atoms with E-state index in [1.807, 2.05) is 44.2 Å². The lowest BCUT2D eigenvalue weighted by Gasteiger charge is -2.14. The molecule has 4 rings (SSSR count). The Morgan fingerprint density at radius 3 is 2.55 bits per heavy atom. The molecule has 2 heterocycles. The van der Waals surface area contributed by atoms with Crippen LogP contribution >= 0.6 is 0 Å². The molecule has 7 nitrogen and oxygen atoms in total. The number of pyridine rings is 1. The van der Waals surface area contributed by atoms with Gasteiger partial charge in [-0.25, -0.2) is 9.37 Å². The number of halogens is 1. The lowest BCUT2D eigenvalue weighted by molar-refractivity contribution is 0.626. The van der Waals surface area contributed by atoms with Crippen LogP contribution in [0.5, 0.6) is 0 Å². The number of nitrogen functional groups attached to an aromatic ring is 2. The number of nitriles is 1. The number of benzene rings is 2. The number of fused-ring (bicyclic) bond motifs is 1. The Hall–Kier alpha value is -4.25. The summed E-state index contributed by atoms with van der Waals surface area (Å²) < 4.78 is 15.1. The van der Waals surface area contributed by atoms with E-state index in [1.165, 1.54) is 18.3 Å². The van der Waals surface area contributed by atoms with Crippen molar-refractivity contribution < 1.29 is 4.39 Å². The number of aromatic nitrogens is 3. The molecule has 2 aromatic heterocycles. The highest BCUT2D eigenvalue weighted by Gasteiger charge is 2.12. The van der Waals surface area contributed by atoms with Gasteiger partial charge in [0.25, 0.3) is 5.56 Å². The number of anilines is 2. The molecule has 0 amide bonds. The Bertz CT molecular complexity index is 1360. The summed E-state index contributed by atoms with van der Waals surface area (Å²) in [6.45, 7) is 3.91. The Kier molecular flexibility index (Phi) is 6.26. The molecule has 0 bridgehead atoms. The van der Waals surface area contributed by atoms with Crippen molar-refractivity contribution in [3.8, 4) is 11.8 Å². The first-order valence-corrected chi connectivity index (χ1v) is 9.54. The van der Waals surface area contributed by atoms with Gasteiger partial charge in [0.1, 0.15) is 23.3 Å². The molecular formula is C23H21FN6O. The molecule has 0 fully saturated rings. The molecule has 0 spiro atoms. The quantitative estimate of drug-likeness (QED) is 0.515. The summed E-state index contributed by atoms with van der Waals surface area (Å²) in [6, 6.07) is 15.8. The zero-order valence-corrected chi connectivity index (χ0v) is 17.1. The van der Waals surface area contributed by atoms with Gasteiger partial charge < -0.3 is 11.5 Å². The highest BCUT2D eigenvalue weighted by atomic mass is 19.1. The van der Waals surface area contributed by atoms with E-state index >= 15 is 0 Å². The van der Waals surface area contributed by atoms with Crippen LogP contribution in [0.25, 0.3) is 16.5 Å². The number of hydrogen-bond acceptors (Lipinski definition) is 6. The third-order valence-corrected chi connectivity index (χ3v) is 4.72. The summed E-state index contributed by atoms with van der Waals surface area (Å²) in [6.07, 6.45) is 1.99. The molecule has 31 heavy (non-hydrogen) atoms. The van der Waals surface area contributed by atoms with Gasteiger partial charge in [-0.15, -0.1) is 0 Å². The van der Waals surface area contributed by atoms with E-state index in [4.69, 9.17) is 16.7 Å². The summed E-state index contributed by atoms with van der Waals surface area (Å²) in [5, 5.41) is 9.99. The molecule has 4 N–H and O–H groups in total. The molecule has 0 saturated carbocycles. The van der Waals surface area contributed by atoms with E-state index in [0.29, 0.717) is 17.5 Å². The Morgan fingerprint density at radius 2 is 1.90 bits per heavy atom. The molecule has 0 aliphatic heterocycles. The first-order valence-electron chi connectivity index (χ1n) is 9.54. The fraction of sp³-hybridized carbons (Fsp3) is 0.130. The van der Waals surface area contributed by atoms with E-state index in [-0.39, 0.29) is 28.7 Å². The summed E-state index contributed by atoms with van der Waals surface area (Å²) in [4.78, 5) is 20.0. The second kappa shape index (κ2) is 9.05. The van der Waals surface area contributed by atoms with Crippen molar-refractivity contribution in [3.05, 3.63) is 87.7 Å². The van der Waals surface area contributed by atoms with Crippen molar-refractivity contribution in [2.24, 2.45) is 0 Å². The largest absolute Gasteiger partial charge is 0.382 e. The van der Waals surface area contributed by atoms with Crippen molar-refractivity contribution in [1.29, 1.82) is 5.26 Å². The monoisotopic (exact) mass is 416 g/mol. The minimum atomic E-state index is -0.341. The lowest BCUT2D eigenvalue weighted by Crippen LogP contribution is -2.22. The van der Waals surface area contributed by atoms with E-state index in [9.17, 15) is 9.18 Å². The van der Waals surface area contributed by atoms with Crippen LogP contribution in [0.4, 0.5) is 16.2 Å². The fourth-order valence-corrected chi connectivity index (χ4v) is 3.24. The van der Waals surface area contributed by atoms with E-state index < -0.39 is 0 Å². The van der Waals surface area contributed by atoms with Gasteiger partial charge in [-0.3, -0.25) is 9.36 Å². The molecule has 0 radical (unpaired) electrons. The van der Waals surface area contributed by atoms with Crippen LogP contribution in [-0.4, -0.2) is 14.5 Å².